The first-order valence-corrected chi connectivity index (χ1v) is 10.1. The summed E-state index contributed by atoms with van der Waals surface area (Å²) in [7, 11) is 0.799. The zero-order chi connectivity index (χ0) is 21.4. The molecule has 0 aliphatic rings. The molecule has 0 aliphatic heterocycles. The number of carbonyl (C=O) groups excluding carboxylic acids is 1. The molecule has 0 heterocycles. The van der Waals surface area contributed by atoms with Crippen molar-refractivity contribution in [3.8, 4) is 17.2 Å². The fourth-order valence-electron chi connectivity index (χ4n) is 2.58. The minimum absolute atomic E-state index is 0.000198. The Kier molecular flexibility index (Phi) is 7.63. The monoisotopic (exact) mass is 420 g/mol. The molecule has 1 amide bonds. The number of carbonyl (C=O) groups is 1. The van der Waals surface area contributed by atoms with Crippen molar-refractivity contribution >= 4 is 15.9 Å². The third-order valence-electron chi connectivity index (χ3n) is 4.00. The van der Waals surface area contributed by atoms with E-state index in [9.17, 15) is 13.2 Å². The third kappa shape index (κ3) is 5.49. The predicted octanol–water partition coefficient (Wildman–Crippen LogP) is 2.11. The van der Waals surface area contributed by atoms with Gasteiger partial charge in [0.1, 0.15) is 0 Å². The van der Waals surface area contributed by atoms with Gasteiger partial charge in [-0.05, 0) is 35.9 Å². The van der Waals surface area contributed by atoms with E-state index in [2.05, 4.69) is 16.6 Å². The second-order valence-corrected chi connectivity index (χ2v) is 7.65. The van der Waals surface area contributed by atoms with Crippen molar-refractivity contribution in [1.29, 1.82) is 0 Å². The predicted molar refractivity (Wildman–Crippen MR) is 109 cm³/mol. The first-order chi connectivity index (χ1) is 13.9. The molecule has 0 atom stereocenters. The highest BCUT2D eigenvalue weighted by molar-refractivity contribution is 7.89. The van der Waals surface area contributed by atoms with Crippen LogP contribution in [-0.4, -0.2) is 42.2 Å². The van der Waals surface area contributed by atoms with Crippen molar-refractivity contribution in [2.24, 2.45) is 0 Å². The second-order valence-electron chi connectivity index (χ2n) is 5.88. The summed E-state index contributed by atoms with van der Waals surface area (Å²) in [6.07, 6.45) is 1.44. The van der Waals surface area contributed by atoms with Gasteiger partial charge in [-0.1, -0.05) is 12.1 Å². The van der Waals surface area contributed by atoms with Crippen molar-refractivity contribution < 1.29 is 27.4 Å². The number of sulfonamides is 1. The van der Waals surface area contributed by atoms with Crippen LogP contribution in [0, 0.1) is 0 Å². The van der Waals surface area contributed by atoms with Crippen LogP contribution in [0.4, 0.5) is 0 Å². The maximum atomic E-state index is 12.5. The van der Waals surface area contributed by atoms with Gasteiger partial charge in [0.15, 0.2) is 11.5 Å². The van der Waals surface area contributed by atoms with Gasteiger partial charge in [-0.2, -0.15) is 0 Å². The number of hydrogen-bond acceptors (Lipinski definition) is 6. The van der Waals surface area contributed by atoms with E-state index in [1.54, 1.807) is 12.1 Å². The van der Waals surface area contributed by atoms with Crippen LogP contribution < -0.4 is 24.2 Å². The summed E-state index contributed by atoms with van der Waals surface area (Å²) in [5, 5.41) is 2.75. The molecule has 2 N–H and O–H groups in total. The van der Waals surface area contributed by atoms with Gasteiger partial charge >= 0.3 is 0 Å². The van der Waals surface area contributed by atoms with Crippen LogP contribution in [-0.2, 0) is 16.6 Å². The highest BCUT2D eigenvalue weighted by Gasteiger charge is 2.16. The van der Waals surface area contributed by atoms with E-state index in [-0.39, 0.29) is 23.5 Å². The van der Waals surface area contributed by atoms with Gasteiger partial charge in [-0.25, -0.2) is 13.1 Å². The lowest BCUT2D eigenvalue weighted by Crippen LogP contribution is -2.25. The normalized spacial score (nSPS) is 10.9. The number of rotatable bonds is 10. The fourth-order valence-corrected chi connectivity index (χ4v) is 3.62. The number of ether oxygens (including phenoxy) is 3. The summed E-state index contributed by atoms with van der Waals surface area (Å²) in [6, 6.07) is 9.23. The van der Waals surface area contributed by atoms with E-state index in [1.165, 1.54) is 51.7 Å². The Balaban J connectivity index is 2.18. The van der Waals surface area contributed by atoms with Crippen LogP contribution in [0.5, 0.6) is 17.2 Å². The molecule has 0 radical (unpaired) electrons. The van der Waals surface area contributed by atoms with Crippen LogP contribution in [0.3, 0.4) is 0 Å². The van der Waals surface area contributed by atoms with Crippen molar-refractivity contribution in [3.63, 3.8) is 0 Å². The highest BCUT2D eigenvalue weighted by atomic mass is 32.2. The van der Waals surface area contributed by atoms with Gasteiger partial charge in [0.05, 0.1) is 26.2 Å². The summed E-state index contributed by atoms with van der Waals surface area (Å²) in [5.74, 6) is 0.976. The summed E-state index contributed by atoms with van der Waals surface area (Å²) in [5.41, 5.74) is 0.947. The number of benzene rings is 2. The summed E-state index contributed by atoms with van der Waals surface area (Å²) < 4.78 is 42.7. The maximum absolute atomic E-state index is 12.5. The van der Waals surface area contributed by atoms with Crippen molar-refractivity contribution in [2.45, 2.75) is 11.4 Å². The molecular weight excluding hydrogens is 396 g/mol. The van der Waals surface area contributed by atoms with Crippen LogP contribution in [0.15, 0.2) is 53.9 Å². The van der Waals surface area contributed by atoms with Gasteiger partial charge in [0.25, 0.3) is 5.91 Å². The van der Waals surface area contributed by atoms with Crippen LogP contribution in [0.2, 0.25) is 0 Å². The first-order valence-electron chi connectivity index (χ1n) is 8.64. The van der Waals surface area contributed by atoms with E-state index in [1.807, 2.05) is 0 Å². The van der Waals surface area contributed by atoms with Crippen molar-refractivity contribution in [1.82, 2.24) is 10.0 Å². The average molecular weight is 420 g/mol. The van der Waals surface area contributed by atoms with Crippen LogP contribution in [0.1, 0.15) is 15.9 Å². The van der Waals surface area contributed by atoms with Gasteiger partial charge in [0.2, 0.25) is 15.8 Å². The number of hydrogen-bond donors (Lipinski definition) is 2. The first kappa shape index (κ1) is 22.3. The Morgan fingerprint density at radius 3 is 2.28 bits per heavy atom. The lowest BCUT2D eigenvalue weighted by Gasteiger charge is -2.14. The van der Waals surface area contributed by atoms with E-state index < -0.39 is 15.9 Å². The smallest absolute Gasteiger partial charge is 0.251 e. The fraction of sp³-hybridized carbons (Fsp3) is 0.250. The molecule has 8 nitrogen and oxygen atoms in total. The van der Waals surface area contributed by atoms with E-state index in [0.29, 0.717) is 17.2 Å². The van der Waals surface area contributed by atoms with E-state index in [4.69, 9.17) is 14.2 Å². The molecule has 2 aromatic carbocycles. The summed E-state index contributed by atoms with van der Waals surface area (Å²) >= 11 is 0. The number of nitrogens with one attached hydrogen (secondary N) is 2. The van der Waals surface area contributed by atoms with Gasteiger partial charge in [-0.15, -0.1) is 6.58 Å². The molecular formula is C20H24N2O6S. The zero-order valence-corrected chi connectivity index (χ0v) is 17.3. The average Bonchev–Trinajstić information content (AvgIpc) is 2.75. The van der Waals surface area contributed by atoms with Crippen molar-refractivity contribution in [2.75, 3.05) is 27.9 Å². The Morgan fingerprint density at radius 1 is 1.07 bits per heavy atom. The molecule has 0 unspecified atom stereocenters. The summed E-state index contributed by atoms with van der Waals surface area (Å²) in [4.78, 5) is 12.5. The van der Waals surface area contributed by atoms with Gasteiger partial charge in [0, 0.05) is 18.7 Å². The van der Waals surface area contributed by atoms with Gasteiger partial charge < -0.3 is 19.5 Å². The third-order valence-corrected chi connectivity index (χ3v) is 5.42. The van der Waals surface area contributed by atoms with E-state index in [0.717, 1.165) is 5.56 Å². The molecule has 9 heteroatoms. The van der Waals surface area contributed by atoms with Crippen molar-refractivity contribution in [3.05, 3.63) is 60.2 Å². The largest absolute Gasteiger partial charge is 0.493 e. The SMILES string of the molecule is C=CCNS(=O)(=O)c1cccc(C(=O)NCc2cc(OC)c(OC)c(OC)c2)c1. The minimum Gasteiger partial charge on any atom is -0.493 e. The number of amides is 1. The Hall–Kier alpha value is -3.04. The minimum atomic E-state index is -3.72. The Labute approximate surface area is 170 Å². The number of methoxy groups -OCH3 is 3. The van der Waals surface area contributed by atoms with E-state index >= 15 is 0 Å². The lowest BCUT2D eigenvalue weighted by atomic mass is 10.1. The summed E-state index contributed by atoms with van der Waals surface area (Å²) in [6.45, 7) is 3.75. The highest BCUT2D eigenvalue weighted by Crippen LogP contribution is 2.38. The molecule has 0 aliphatic carbocycles. The Bertz CT molecular complexity index is 963. The zero-order valence-electron chi connectivity index (χ0n) is 16.5. The molecule has 0 aromatic heterocycles. The molecule has 0 spiro atoms. The molecule has 2 aromatic rings. The standard InChI is InChI=1S/C20H24N2O6S/c1-5-9-22-29(24,25)16-8-6-7-15(12-16)20(23)21-13-14-10-17(26-2)19(28-4)18(11-14)27-3/h5-8,10-12,22H,1,9,13H2,2-4H3,(H,21,23). The lowest BCUT2D eigenvalue weighted by molar-refractivity contribution is 0.0950. The van der Waals surface area contributed by atoms with Gasteiger partial charge in [-0.3, -0.25) is 4.79 Å². The van der Waals surface area contributed by atoms with Crippen LogP contribution in [0.25, 0.3) is 0 Å². The topological polar surface area (TPSA) is 103 Å². The molecule has 0 bridgehead atoms. The molecule has 156 valence electrons. The van der Waals surface area contributed by atoms with Crippen LogP contribution >= 0.6 is 0 Å². The quantitative estimate of drug-likeness (QED) is 0.571. The Morgan fingerprint density at radius 2 is 1.72 bits per heavy atom. The molecule has 0 saturated carbocycles. The molecule has 29 heavy (non-hydrogen) atoms. The molecule has 0 saturated heterocycles. The maximum Gasteiger partial charge on any atom is 0.251 e. The molecule has 0 fully saturated rings. The molecule has 2 rings (SSSR count). The second kappa shape index (κ2) is 9.94.